The molecule has 1 aromatic rings. The second-order valence-corrected chi connectivity index (χ2v) is 5.72. The molecule has 0 bridgehead atoms. The quantitative estimate of drug-likeness (QED) is 0.802. The molecule has 0 spiro atoms. The highest BCUT2D eigenvalue weighted by molar-refractivity contribution is 5.04. The summed E-state index contributed by atoms with van der Waals surface area (Å²) in [6, 6.07) is 0.567. The fourth-order valence-electron chi connectivity index (χ4n) is 1.65. The summed E-state index contributed by atoms with van der Waals surface area (Å²) in [7, 11) is 1.97. The number of aromatic nitrogens is 2. The molecule has 16 heavy (non-hydrogen) atoms. The van der Waals surface area contributed by atoms with E-state index in [0.29, 0.717) is 11.5 Å². The van der Waals surface area contributed by atoms with Crippen molar-refractivity contribution in [2.45, 2.75) is 46.6 Å². The first-order valence-corrected chi connectivity index (χ1v) is 6.10. The van der Waals surface area contributed by atoms with Crippen LogP contribution in [0.25, 0.3) is 0 Å². The Morgan fingerprint density at radius 2 is 2.12 bits per heavy atom. The van der Waals surface area contributed by atoms with Crippen molar-refractivity contribution in [2.24, 2.45) is 12.5 Å². The molecule has 0 aliphatic heterocycles. The molecule has 0 unspecified atom stereocenters. The molecular weight excluding hydrogens is 198 g/mol. The van der Waals surface area contributed by atoms with Crippen molar-refractivity contribution >= 4 is 0 Å². The van der Waals surface area contributed by atoms with Gasteiger partial charge in [0.15, 0.2) is 0 Å². The van der Waals surface area contributed by atoms with Crippen LogP contribution in [-0.2, 0) is 13.5 Å². The molecule has 0 aliphatic rings. The summed E-state index contributed by atoms with van der Waals surface area (Å²) in [5, 5.41) is 7.70. The third-order valence-electron chi connectivity index (χ3n) is 2.84. The van der Waals surface area contributed by atoms with Gasteiger partial charge in [-0.3, -0.25) is 4.68 Å². The van der Waals surface area contributed by atoms with Gasteiger partial charge in [0.25, 0.3) is 0 Å². The summed E-state index contributed by atoms with van der Waals surface area (Å²) in [6.45, 7) is 10.1. The highest BCUT2D eigenvalue weighted by Gasteiger charge is 2.17. The van der Waals surface area contributed by atoms with Gasteiger partial charge in [-0.25, -0.2) is 0 Å². The minimum absolute atomic E-state index is 0.347. The zero-order valence-electron chi connectivity index (χ0n) is 11.2. The number of hydrogen-bond donors (Lipinski definition) is 1. The molecule has 1 aromatic heterocycles. The number of hydrogen-bond acceptors (Lipinski definition) is 2. The molecule has 1 heterocycles. The van der Waals surface area contributed by atoms with E-state index in [2.05, 4.69) is 44.3 Å². The van der Waals surface area contributed by atoms with Crippen LogP contribution in [0.4, 0.5) is 0 Å². The van der Waals surface area contributed by atoms with Crippen LogP contribution in [0.5, 0.6) is 0 Å². The summed E-state index contributed by atoms with van der Waals surface area (Å²) in [5.41, 5.74) is 1.68. The van der Waals surface area contributed by atoms with Gasteiger partial charge in [-0.15, -0.1) is 0 Å². The molecule has 0 fully saturated rings. The van der Waals surface area contributed by atoms with Gasteiger partial charge in [0.2, 0.25) is 0 Å². The van der Waals surface area contributed by atoms with Gasteiger partial charge < -0.3 is 5.32 Å². The molecule has 0 atom stereocenters. The lowest BCUT2D eigenvalue weighted by Crippen LogP contribution is -2.34. The van der Waals surface area contributed by atoms with Crippen LogP contribution in [0.2, 0.25) is 0 Å². The van der Waals surface area contributed by atoms with Crippen molar-refractivity contribution in [2.75, 3.05) is 6.54 Å². The third kappa shape index (κ3) is 4.79. The zero-order chi connectivity index (χ0) is 12.2. The summed E-state index contributed by atoms with van der Waals surface area (Å²) in [5.74, 6) is 0. The number of nitrogens with zero attached hydrogens (tertiary/aromatic N) is 2. The summed E-state index contributed by atoms with van der Waals surface area (Å²) in [4.78, 5) is 0. The van der Waals surface area contributed by atoms with Gasteiger partial charge in [0.05, 0.1) is 6.20 Å². The van der Waals surface area contributed by atoms with Gasteiger partial charge >= 0.3 is 0 Å². The van der Waals surface area contributed by atoms with E-state index in [-0.39, 0.29) is 0 Å². The molecule has 1 N–H and O–H groups in total. The molecule has 1 rings (SSSR count). The first-order chi connectivity index (χ1) is 7.39. The Balaban J connectivity index is 2.35. The van der Waals surface area contributed by atoms with E-state index in [1.807, 2.05) is 17.9 Å². The Kier molecular flexibility index (Phi) is 4.54. The zero-order valence-corrected chi connectivity index (χ0v) is 11.2. The van der Waals surface area contributed by atoms with Crippen molar-refractivity contribution < 1.29 is 0 Å². The number of nitrogens with one attached hydrogen (secondary N) is 1. The van der Waals surface area contributed by atoms with Crippen LogP contribution in [-0.4, -0.2) is 22.4 Å². The molecule has 92 valence electrons. The van der Waals surface area contributed by atoms with Gasteiger partial charge in [0.1, 0.15) is 0 Å². The van der Waals surface area contributed by atoms with Gasteiger partial charge in [0, 0.05) is 25.8 Å². The third-order valence-corrected chi connectivity index (χ3v) is 2.84. The van der Waals surface area contributed by atoms with Gasteiger partial charge in [-0.2, -0.15) is 5.10 Å². The predicted octanol–water partition coefficient (Wildman–Crippen LogP) is 2.38. The maximum absolute atomic E-state index is 4.19. The molecule has 3 nitrogen and oxygen atoms in total. The molecule has 0 aliphatic carbocycles. The lowest BCUT2D eigenvalue weighted by molar-refractivity contribution is 0.304. The van der Waals surface area contributed by atoms with E-state index >= 15 is 0 Å². The molecule has 0 saturated carbocycles. The maximum Gasteiger partial charge on any atom is 0.0521 e. The van der Waals surface area contributed by atoms with Crippen LogP contribution >= 0.6 is 0 Å². The van der Waals surface area contributed by atoms with E-state index in [1.54, 1.807) is 0 Å². The van der Waals surface area contributed by atoms with E-state index in [9.17, 15) is 0 Å². The largest absolute Gasteiger partial charge is 0.314 e. The number of rotatable bonds is 6. The lowest BCUT2D eigenvalue weighted by atomic mass is 9.86. The Labute approximate surface area is 99.2 Å². The second kappa shape index (κ2) is 5.48. The van der Waals surface area contributed by atoms with E-state index in [1.165, 1.54) is 12.0 Å². The predicted molar refractivity (Wildman–Crippen MR) is 68.4 cm³/mol. The maximum atomic E-state index is 4.19. The van der Waals surface area contributed by atoms with Crippen LogP contribution < -0.4 is 5.32 Å². The summed E-state index contributed by atoms with van der Waals surface area (Å²) in [6.07, 6.45) is 6.37. The van der Waals surface area contributed by atoms with Crippen LogP contribution in [0.15, 0.2) is 12.4 Å². The minimum Gasteiger partial charge on any atom is -0.314 e. The van der Waals surface area contributed by atoms with E-state index in [0.717, 1.165) is 13.0 Å². The molecule has 0 aromatic carbocycles. The topological polar surface area (TPSA) is 29.9 Å². The van der Waals surface area contributed by atoms with E-state index < -0.39 is 0 Å². The van der Waals surface area contributed by atoms with E-state index in [4.69, 9.17) is 0 Å². The Bertz CT molecular complexity index is 313. The fraction of sp³-hybridized carbons (Fsp3) is 0.769. The van der Waals surface area contributed by atoms with Crippen molar-refractivity contribution in [3.05, 3.63) is 18.0 Å². The SMILES string of the molecule is CC(C)NCC(C)(C)CCc1cnn(C)c1. The van der Waals surface area contributed by atoms with Crippen LogP contribution in [0.1, 0.15) is 39.7 Å². The molecule has 0 radical (unpaired) electrons. The summed E-state index contributed by atoms with van der Waals surface area (Å²) < 4.78 is 1.87. The fourth-order valence-corrected chi connectivity index (χ4v) is 1.65. The highest BCUT2D eigenvalue weighted by Crippen LogP contribution is 2.21. The van der Waals surface area contributed by atoms with Crippen molar-refractivity contribution in [3.8, 4) is 0 Å². The lowest BCUT2D eigenvalue weighted by Gasteiger charge is -2.26. The number of aryl methyl sites for hydroxylation is 2. The standard InChI is InChI=1S/C13H25N3/c1-11(2)14-10-13(3,4)7-6-12-8-15-16(5)9-12/h8-9,11,14H,6-7,10H2,1-5H3. The molecule has 0 saturated heterocycles. The highest BCUT2D eigenvalue weighted by atomic mass is 15.2. The average molecular weight is 223 g/mol. The average Bonchev–Trinajstić information content (AvgIpc) is 2.59. The van der Waals surface area contributed by atoms with Crippen molar-refractivity contribution in [3.63, 3.8) is 0 Å². The molecule has 3 heteroatoms. The van der Waals surface area contributed by atoms with Crippen molar-refractivity contribution in [1.29, 1.82) is 0 Å². The van der Waals surface area contributed by atoms with Crippen molar-refractivity contribution in [1.82, 2.24) is 15.1 Å². The minimum atomic E-state index is 0.347. The normalized spacial score (nSPS) is 12.4. The molecular formula is C13H25N3. The Morgan fingerprint density at radius 1 is 1.44 bits per heavy atom. The smallest absolute Gasteiger partial charge is 0.0521 e. The monoisotopic (exact) mass is 223 g/mol. The van der Waals surface area contributed by atoms with Gasteiger partial charge in [-0.1, -0.05) is 27.7 Å². The Morgan fingerprint density at radius 3 is 2.62 bits per heavy atom. The van der Waals surface area contributed by atoms with Crippen LogP contribution in [0.3, 0.4) is 0 Å². The molecule has 0 amide bonds. The first-order valence-electron chi connectivity index (χ1n) is 6.10. The summed E-state index contributed by atoms with van der Waals surface area (Å²) >= 11 is 0. The van der Waals surface area contributed by atoms with Crippen LogP contribution in [0, 0.1) is 5.41 Å². The second-order valence-electron chi connectivity index (χ2n) is 5.72. The Hall–Kier alpha value is -0.830. The van der Waals surface area contributed by atoms with Gasteiger partial charge in [-0.05, 0) is 23.8 Å². The first kappa shape index (κ1) is 13.2.